The third kappa shape index (κ3) is 9.70. The second kappa shape index (κ2) is 17.3. The van der Waals surface area contributed by atoms with Gasteiger partial charge in [0.05, 0.1) is 32.6 Å². The number of benzene rings is 4. The molecular weight excluding hydrogens is 813 g/mol. The molecule has 0 amide bonds. The zero-order chi connectivity index (χ0) is 44.4. The smallest absolute Gasteiger partial charge is 0.221 e. The molecule has 0 aliphatic heterocycles. The second-order valence-corrected chi connectivity index (χ2v) is 17.9. The Hall–Kier alpha value is -6.03. The van der Waals surface area contributed by atoms with Crippen molar-refractivity contribution in [3.05, 3.63) is 142 Å². The van der Waals surface area contributed by atoms with Crippen LogP contribution in [0.1, 0.15) is 59.8 Å². The molecule has 0 fully saturated rings. The van der Waals surface area contributed by atoms with E-state index in [9.17, 15) is 42.4 Å². The molecule has 17 nitrogen and oxygen atoms in total. The number of aromatic nitrogens is 4. The van der Waals surface area contributed by atoms with E-state index in [0.717, 1.165) is 36.1 Å². The van der Waals surface area contributed by atoms with Crippen LogP contribution in [0.15, 0.2) is 129 Å². The third-order valence-corrected chi connectivity index (χ3v) is 11.5. The zero-order valence-corrected chi connectivity index (χ0v) is 35.0. The van der Waals surface area contributed by atoms with Gasteiger partial charge in [0.2, 0.25) is 17.1 Å². The lowest BCUT2D eigenvalue weighted by Gasteiger charge is -2.26. The van der Waals surface area contributed by atoms with Crippen LogP contribution in [0.4, 0.5) is 0 Å². The van der Waals surface area contributed by atoms with Gasteiger partial charge in [-0.2, -0.15) is 10.2 Å². The summed E-state index contributed by atoms with van der Waals surface area (Å²) in [4.78, 5) is 60.3. The van der Waals surface area contributed by atoms with E-state index in [1.807, 2.05) is 62.4 Å². The first kappa shape index (κ1) is 45.1. The van der Waals surface area contributed by atoms with Crippen LogP contribution in [-0.2, 0) is 4.79 Å². The summed E-state index contributed by atoms with van der Waals surface area (Å²) in [5, 5.41) is 25.2. The summed E-state index contributed by atoms with van der Waals surface area (Å²) in [6, 6.07) is 30.5. The van der Waals surface area contributed by atoms with Gasteiger partial charge < -0.3 is 0 Å². The molecule has 0 aliphatic rings. The molecule has 6 rings (SSSR count). The molecule has 19 heteroatoms. The molecule has 0 bridgehead atoms. The molecular formula is C41H44N8O9S2. The molecule has 6 aromatic rings. The number of nitroso groups, excluding NO2 is 2. The van der Waals surface area contributed by atoms with E-state index < -0.39 is 50.0 Å². The van der Waals surface area contributed by atoms with Crippen LogP contribution in [0.2, 0.25) is 0 Å². The highest BCUT2D eigenvalue weighted by atomic mass is 32.3. The third-order valence-electron chi connectivity index (χ3n) is 9.53. The summed E-state index contributed by atoms with van der Waals surface area (Å²) in [5.74, 6) is -1.99. The minimum absolute atomic E-state index is 0.0972. The van der Waals surface area contributed by atoms with Crippen molar-refractivity contribution in [1.82, 2.24) is 19.6 Å². The predicted molar refractivity (Wildman–Crippen MR) is 231 cm³/mol. The zero-order valence-electron chi connectivity index (χ0n) is 33.4. The molecule has 4 aromatic carbocycles. The maximum atomic E-state index is 12.9. The van der Waals surface area contributed by atoms with Gasteiger partial charge in [0, 0.05) is 11.1 Å². The van der Waals surface area contributed by atoms with Gasteiger partial charge in [-0.25, -0.2) is 19.6 Å². The van der Waals surface area contributed by atoms with Crippen LogP contribution in [0, 0.1) is 23.7 Å². The summed E-state index contributed by atoms with van der Waals surface area (Å²) in [6.45, 7) is 9.07. The van der Waals surface area contributed by atoms with Gasteiger partial charge in [-0.3, -0.25) is 32.6 Å². The Morgan fingerprint density at radius 3 is 1.23 bits per heavy atom. The lowest BCUT2D eigenvalue weighted by molar-refractivity contribution is -0.119. The number of ketones is 3. The van der Waals surface area contributed by atoms with Gasteiger partial charge in [-0.1, -0.05) is 64.8 Å². The van der Waals surface area contributed by atoms with Crippen LogP contribution in [-0.4, -0.2) is 66.2 Å². The summed E-state index contributed by atoms with van der Waals surface area (Å²) in [6.07, 6.45) is 0. The first-order chi connectivity index (χ1) is 28.0. The van der Waals surface area contributed by atoms with Gasteiger partial charge in [-0.05, 0) is 107 Å². The predicted octanol–water partition coefficient (Wildman–Crippen LogP) is 8.69. The van der Waals surface area contributed by atoms with Gasteiger partial charge in [0.15, 0.2) is 11.3 Å². The van der Waals surface area contributed by atoms with E-state index in [1.165, 1.54) is 48.9 Å². The number of aryl methyl sites for hydroxylation is 2. The fourth-order valence-electron chi connectivity index (χ4n) is 5.68. The van der Waals surface area contributed by atoms with Crippen molar-refractivity contribution in [1.29, 1.82) is 0 Å². The normalized spacial score (nSPS) is 13.3. The highest BCUT2D eigenvalue weighted by molar-refractivity contribution is 8.22. The van der Waals surface area contributed by atoms with Crippen LogP contribution < -0.4 is 10.3 Å². The lowest BCUT2D eigenvalue weighted by Crippen LogP contribution is -2.40. The number of carbonyl (C=O) groups is 3. The molecule has 0 radical (unpaired) electrons. The van der Waals surface area contributed by atoms with Crippen molar-refractivity contribution in [2.24, 2.45) is 20.6 Å². The van der Waals surface area contributed by atoms with Crippen molar-refractivity contribution in [3.8, 4) is 33.9 Å². The van der Waals surface area contributed by atoms with E-state index >= 15 is 0 Å². The van der Waals surface area contributed by atoms with Gasteiger partial charge in [-0.15, -0.1) is 31.4 Å². The average molecular weight is 857 g/mol. The summed E-state index contributed by atoms with van der Waals surface area (Å²) in [5.41, 5.74) is 2.45. The van der Waals surface area contributed by atoms with E-state index in [2.05, 4.69) is 20.6 Å². The van der Waals surface area contributed by atoms with E-state index in [1.54, 1.807) is 35.0 Å². The number of Topliss-reactive ketones (excluding diaryl/α,β-unsaturated/α-hetero) is 3. The Labute approximate surface area is 348 Å². The van der Waals surface area contributed by atoms with E-state index in [4.69, 9.17) is 10.3 Å². The highest BCUT2D eigenvalue weighted by Gasteiger charge is 2.42. The van der Waals surface area contributed by atoms with Crippen molar-refractivity contribution in [2.75, 3.05) is 0 Å². The molecule has 0 aliphatic carbocycles. The first-order valence-electron chi connectivity index (χ1n) is 18.0. The molecule has 2 heterocycles. The van der Waals surface area contributed by atoms with Gasteiger partial charge in [0.1, 0.15) is 11.4 Å². The van der Waals surface area contributed by atoms with E-state index in [-0.39, 0.29) is 21.2 Å². The Morgan fingerprint density at radius 1 is 0.583 bits per heavy atom. The topological polar surface area (TPSA) is 279 Å². The maximum Gasteiger partial charge on any atom is 0.221 e. The first-order valence-corrected chi connectivity index (χ1v) is 21.2. The number of hydrogen-bond donors (Lipinski definition) is 6. The fourth-order valence-corrected chi connectivity index (χ4v) is 6.76. The molecule has 1 atom stereocenters. The average Bonchev–Trinajstić information content (AvgIpc) is 3.86. The summed E-state index contributed by atoms with van der Waals surface area (Å²) < 4.78 is 41.5. The van der Waals surface area contributed by atoms with Gasteiger partial charge >= 0.3 is 0 Å². The van der Waals surface area contributed by atoms with Crippen molar-refractivity contribution in [3.63, 3.8) is 0 Å². The SMILES string of the molecule is CC(=O)C(C)(N=O)C(=O)c1cc(-c2ccc(C)cc2)n(-c2ccc(S(N)(O)O)cc2)n1.Cc1ccc(-c2cc(C(=O)C(C)(C)N=O)nn2-c2ccc(S(N)(O)O)cc2)cc1. The minimum Gasteiger partial charge on any atom is -0.297 e. The molecule has 60 heavy (non-hydrogen) atoms. The number of rotatable bonds is 13. The Kier molecular flexibility index (Phi) is 13.0. The quantitative estimate of drug-likeness (QED) is 0.0361. The largest absolute Gasteiger partial charge is 0.297 e. The summed E-state index contributed by atoms with van der Waals surface area (Å²) >= 11 is 0. The lowest BCUT2D eigenvalue weighted by atomic mass is 9.91. The monoisotopic (exact) mass is 856 g/mol. The van der Waals surface area contributed by atoms with Gasteiger partial charge in [0.25, 0.3) is 0 Å². The Bertz CT molecular complexity index is 2560. The van der Waals surface area contributed by atoms with E-state index in [0.29, 0.717) is 22.8 Å². The number of carbonyl (C=O) groups excluding carboxylic acids is 3. The van der Waals surface area contributed by atoms with Crippen LogP contribution in [0.5, 0.6) is 0 Å². The molecule has 0 saturated heterocycles. The number of nitrogens with zero attached hydrogens (tertiary/aromatic N) is 6. The van der Waals surface area contributed by atoms with Crippen LogP contribution in [0.25, 0.3) is 33.9 Å². The van der Waals surface area contributed by atoms with Crippen molar-refractivity contribution >= 4 is 38.9 Å². The number of hydrogen-bond acceptors (Lipinski definition) is 15. The molecule has 314 valence electrons. The standard InChI is InChI=1S/C21H22N4O5S.C20H22N4O4S/c1-13-4-6-15(7-5-13)19-12-18(20(27)21(3,24-28)14(2)26)23-25(19)16-8-10-17(11-9-16)31(22,29)30;1-13-4-6-14(7-5-13)18-12-17(19(25)20(2,3)23-26)22-24(18)15-8-10-16(11-9-15)29(21,27)28/h4-12,29-30H,22H2,1-3H3;4-12,27-28H,21H2,1-3H3. The second-order valence-electron chi connectivity index (χ2n) is 14.6. The summed E-state index contributed by atoms with van der Waals surface area (Å²) in [7, 11) is -6.71. The molecule has 2 aromatic heterocycles. The van der Waals surface area contributed by atoms with Crippen molar-refractivity contribution < 1.29 is 32.6 Å². The molecule has 1 unspecified atom stereocenters. The minimum atomic E-state index is -3.38. The molecule has 8 N–H and O–H groups in total. The van der Waals surface area contributed by atoms with Crippen LogP contribution >= 0.6 is 21.6 Å². The van der Waals surface area contributed by atoms with Crippen LogP contribution in [0.3, 0.4) is 0 Å². The highest BCUT2D eigenvalue weighted by Crippen LogP contribution is 2.41. The Balaban J connectivity index is 0.000000228. The molecule has 0 spiro atoms. The van der Waals surface area contributed by atoms with Crippen molar-refractivity contribution in [2.45, 2.75) is 62.4 Å². The Morgan fingerprint density at radius 2 is 0.933 bits per heavy atom. The number of nitrogens with two attached hydrogens (primary N) is 2. The fraction of sp³-hybridized carbons (Fsp3) is 0.195. The molecule has 0 saturated carbocycles. The maximum absolute atomic E-state index is 12.9.